The molecule has 10 nitrogen and oxygen atoms in total. The fourth-order valence-electron chi connectivity index (χ4n) is 5.57. The lowest BCUT2D eigenvalue weighted by Gasteiger charge is -2.43. The Hall–Kier alpha value is -2.60. The molecule has 6 atom stereocenters. The van der Waals surface area contributed by atoms with E-state index in [1.54, 1.807) is 0 Å². The molecule has 6 rings (SSSR count). The number of benzene rings is 2. The van der Waals surface area contributed by atoms with Crippen LogP contribution in [0, 0.1) is 0 Å². The number of hydrogen-bond donors (Lipinski definition) is 4. The van der Waals surface area contributed by atoms with Gasteiger partial charge in [-0.2, -0.15) is 0 Å². The van der Waals surface area contributed by atoms with Crippen LogP contribution in [0.25, 0.3) is 0 Å². The van der Waals surface area contributed by atoms with E-state index in [4.69, 9.17) is 23.7 Å². The maximum absolute atomic E-state index is 10.5. The van der Waals surface area contributed by atoms with Gasteiger partial charge < -0.3 is 44.1 Å². The number of fused-ring (bicyclic) bond motifs is 5. The van der Waals surface area contributed by atoms with Gasteiger partial charge in [-0.1, -0.05) is 6.07 Å². The molecule has 2 aromatic rings. The van der Waals surface area contributed by atoms with Gasteiger partial charge in [-0.15, -0.1) is 0 Å². The van der Waals surface area contributed by atoms with Crippen molar-refractivity contribution in [3.05, 3.63) is 46.5 Å². The topological polar surface area (TPSA) is 130 Å². The summed E-state index contributed by atoms with van der Waals surface area (Å²) in [5, 5.41) is 40.3. The quantitative estimate of drug-likeness (QED) is 0.476. The lowest BCUT2D eigenvalue weighted by atomic mass is 9.83. The van der Waals surface area contributed by atoms with Crippen LogP contribution in [-0.2, 0) is 24.1 Å². The average Bonchev–Trinajstić information content (AvgIpc) is 3.34. The van der Waals surface area contributed by atoms with Crippen molar-refractivity contribution in [2.75, 3.05) is 27.1 Å². The highest BCUT2D eigenvalue weighted by molar-refractivity contribution is 5.55. The molecule has 4 aliphatic rings. The molecule has 2 aromatic carbocycles. The van der Waals surface area contributed by atoms with Crippen LogP contribution in [0.1, 0.15) is 28.3 Å². The third-order valence-electron chi connectivity index (χ3n) is 7.50. The molecular weight excluding hydrogens is 458 g/mol. The minimum absolute atomic E-state index is 0.175. The van der Waals surface area contributed by atoms with Crippen molar-refractivity contribution in [2.24, 2.45) is 0 Å². The van der Waals surface area contributed by atoms with Gasteiger partial charge >= 0.3 is 0 Å². The molecule has 0 unspecified atom stereocenters. The fraction of sp³-hybridized carbons (Fsp3) is 0.520. The van der Waals surface area contributed by atoms with Gasteiger partial charge in [-0.05, 0) is 47.7 Å². The highest BCUT2D eigenvalue weighted by Gasteiger charge is 2.45. The van der Waals surface area contributed by atoms with Gasteiger partial charge in [0.1, 0.15) is 24.4 Å². The number of hydrogen-bond acceptors (Lipinski definition) is 10. The van der Waals surface area contributed by atoms with E-state index < -0.39 is 37.3 Å². The Balaban J connectivity index is 1.33. The van der Waals surface area contributed by atoms with Crippen molar-refractivity contribution in [3.8, 4) is 23.0 Å². The second kappa shape index (κ2) is 8.81. The van der Waals surface area contributed by atoms with E-state index in [0.29, 0.717) is 18.0 Å². The zero-order chi connectivity index (χ0) is 24.3. The van der Waals surface area contributed by atoms with Crippen molar-refractivity contribution in [3.63, 3.8) is 0 Å². The van der Waals surface area contributed by atoms with Crippen LogP contribution in [0.4, 0.5) is 0 Å². The molecule has 0 amide bonds. The zero-order valence-electron chi connectivity index (χ0n) is 19.3. The maximum Gasteiger partial charge on any atom is 0.231 e. The number of aliphatic hydroxyl groups is 4. The lowest BCUT2D eigenvalue weighted by Crippen LogP contribution is -2.60. The molecule has 0 saturated carbocycles. The zero-order valence-corrected chi connectivity index (χ0v) is 19.3. The number of ether oxygens (including phenoxy) is 5. The van der Waals surface area contributed by atoms with Gasteiger partial charge in [0.15, 0.2) is 23.0 Å². The van der Waals surface area contributed by atoms with Crippen molar-refractivity contribution in [2.45, 2.75) is 56.1 Å². The highest BCUT2D eigenvalue weighted by atomic mass is 16.7. The van der Waals surface area contributed by atoms with Crippen LogP contribution in [0.2, 0.25) is 0 Å². The van der Waals surface area contributed by atoms with Crippen LogP contribution in [0.3, 0.4) is 0 Å². The summed E-state index contributed by atoms with van der Waals surface area (Å²) < 4.78 is 28.4. The van der Waals surface area contributed by atoms with Crippen molar-refractivity contribution >= 4 is 0 Å². The molecule has 0 aromatic heterocycles. The van der Waals surface area contributed by atoms with E-state index in [-0.39, 0.29) is 12.8 Å². The van der Waals surface area contributed by atoms with E-state index in [9.17, 15) is 20.4 Å². The first-order valence-electron chi connectivity index (χ1n) is 11.8. The van der Waals surface area contributed by atoms with Gasteiger partial charge in [0, 0.05) is 24.7 Å². The minimum atomic E-state index is -1.52. The molecular formula is C25H29NO9. The molecule has 0 aliphatic carbocycles. The molecule has 1 fully saturated rings. The molecule has 188 valence electrons. The average molecular weight is 488 g/mol. The molecule has 1 saturated heterocycles. The molecule has 0 radical (unpaired) electrons. The van der Waals surface area contributed by atoms with Gasteiger partial charge in [-0.3, -0.25) is 4.90 Å². The van der Waals surface area contributed by atoms with E-state index in [0.717, 1.165) is 42.0 Å². The van der Waals surface area contributed by atoms with Crippen LogP contribution in [0.15, 0.2) is 24.3 Å². The largest absolute Gasteiger partial charge is 0.493 e. The summed E-state index contributed by atoms with van der Waals surface area (Å²) in [6.07, 6.45) is -5.19. The van der Waals surface area contributed by atoms with Crippen LogP contribution >= 0.6 is 0 Å². The monoisotopic (exact) mass is 487 g/mol. The molecule has 0 spiro atoms. The van der Waals surface area contributed by atoms with E-state index in [1.807, 2.05) is 12.1 Å². The fourth-order valence-corrected chi connectivity index (χ4v) is 5.57. The Morgan fingerprint density at radius 3 is 2.60 bits per heavy atom. The first kappa shape index (κ1) is 22.8. The summed E-state index contributed by atoms with van der Waals surface area (Å²) in [5.74, 6) is 2.47. The van der Waals surface area contributed by atoms with E-state index >= 15 is 0 Å². The second-order valence-corrected chi connectivity index (χ2v) is 9.39. The summed E-state index contributed by atoms with van der Waals surface area (Å²) in [6, 6.07) is 8.19. The Morgan fingerprint density at radius 1 is 1.03 bits per heavy atom. The van der Waals surface area contributed by atoms with Gasteiger partial charge in [0.05, 0.1) is 13.7 Å². The van der Waals surface area contributed by atoms with E-state index in [1.165, 1.54) is 18.2 Å². The Kier molecular flexibility index (Phi) is 5.75. The van der Waals surface area contributed by atoms with Gasteiger partial charge in [0.2, 0.25) is 13.1 Å². The normalized spacial score (nSPS) is 31.3. The highest BCUT2D eigenvalue weighted by Crippen LogP contribution is 2.47. The summed E-state index contributed by atoms with van der Waals surface area (Å²) in [4.78, 5) is 2.38. The maximum atomic E-state index is 10.5. The van der Waals surface area contributed by atoms with Crippen molar-refractivity contribution in [1.29, 1.82) is 0 Å². The third kappa shape index (κ3) is 3.72. The first-order valence-corrected chi connectivity index (χ1v) is 11.8. The summed E-state index contributed by atoms with van der Waals surface area (Å²) in [5.41, 5.74) is 4.50. The summed E-state index contributed by atoms with van der Waals surface area (Å²) >= 11 is 0. The summed E-state index contributed by atoms with van der Waals surface area (Å²) in [7, 11) is 1.54. The smallest absolute Gasteiger partial charge is 0.231 e. The Labute approximate surface area is 202 Å². The first-order chi connectivity index (χ1) is 17.0. The van der Waals surface area contributed by atoms with Crippen molar-refractivity contribution < 1.29 is 44.1 Å². The number of methoxy groups -OCH3 is 1. The lowest BCUT2D eigenvalue weighted by molar-refractivity contribution is -0.277. The second-order valence-electron chi connectivity index (χ2n) is 9.39. The number of nitrogens with zero attached hydrogens (tertiary/aromatic N) is 1. The standard InChI is InChI=1S/C25H29NO9/c1-31-17-3-2-12-6-16-14-8-19-18(32-11-33-19)7-13(14)4-5-26(16)9-15(12)24(17)35-25-23(30)22(29)21(28)20(10-27)34-25/h2-3,7-8,16,20-23,25,27-30H,4-6,9-11H2,1H3/t16-,20-,21-,22+,23-,25+/m0/s1. The Morgan fingerprint density at radius 2 is 1.83 bits per heavy atom. The number of rotatable bonds is 4. The molecule has 4 aliphatic heterocycles. The van der Waals surface area contributed by atoms with Gasteiger partial charge in [-0.25, -0.2) is 0 Å². The molecule has 4 N–H and O–H groups in total. The molecule has 4 heterocycles. The van der Waals surface area contributed by atoms with Crippen LogP contribution < -0.4 is 18.9 Å². The summed E-state index contributed by atoms with van der Waals surface area (Å²) in [6.45, 7) is 1.17. The molecule has 0 bridgehead atoms. The van der Waals surface area contributed by atoms with Crippen LogP contribution in [-0.4, -0.2) is 83.1 Å². The Bertz CT molecular complexity index is 1120. The molecule has 10 heteroatoms. The third-order valence-corrected chi connectivity index (χ3v) is 7.50. The van der Waals surface area contributed by atoms with Crippen LogP contribution in [0.5, 0.6) is 23.0 Å². The predicted octanol–water partition coefficient (Wildman–Crippen LogP) is 0.258. The van der Waals surface area contributed by atoms with Crippen molar-refractivity contribution in [1.82, 2.24) is 4.90 Å². The SMILES string of the molecule is COc1ccc2c(c1O[C@H]1O[C@@H](CO)[C@H](O)[C@@H](O)[C@@H]1O)CN1CCc3cc4c(cc3[C@@H]1C2)OCO4. The van der Waals surface area contributed by atoms with Gasteiger partial charge in [0.25, 0.3) is 0 Å². The predicted molar refractivity (Wildman–Crippen MR) is 121 cm³/mol. The van der Waals surface area contributed by atoms with E-state index in [2.05, 4.69) is 17.0 Å². The minimum Gasteiger partial charge on any atom is -0.493 e. The molecule has 35 heavy (non-hydrogen) atoms. The number of aliphatic hydroxyl groups excluding tert-OH is 4.